The standard InChI is InChI=1S/C14H20N2O4S/c1-5-8-15-11-7-6-10(13(17)18)9-12(11)21(19,20)16-14(2,3)4/h5-7,9,15-16H,1,8H2,2-4H3,(H,17,18). The topological polar surface area (TPSA) is 95.5 Å². The van der Waals surface area contributed by atoms with Crippen molar-refractivity contribution in [2.45, 2.75) is 31.2 Å². The summed E-state index contributed by atoms with van der Waals surface area (Å²) in [4.78, 5) is 10.9. The Bertz CT molecular complexity index is 645. The fraction of sp³-hybridized carbons (Fsp3) is 0.357. The van der Waals surface area contributed by atoms with Crippen molar-refractivity contribution < 1.29 is 18.3 Å². The Morgan fingerprint density at radius 3 is 2.48 bits per heavy atom. The van der Waals surface area contributed by atoms with Crippen LogP contribution in [0.25, 0.3) is 0 Å². The molecule has 6 nitrogen and oxygen atoms in total. The molecule has 0 aliphatic carbocycles. The molecule has 0 fully saturated rings. The van der Waals surface area contributed by atoms with Crippen molar-refractivity contribution in [2.24, 2.45) is 0 Å². The van der Waals surface area contributed by atoms with Gasteiger partial charge in [0.1, 0.15) is 4.90 Å². The molecule has 0 amide bonds. The summed E-state index contributed by atoms with van der Waals surface area (Å²) in [5, 5.41) is 11.9. The van der Waals surface area contributed by atoms with E-state index in [1.807, 2.05) is 0 Å². The predicted octanol–water partition coefficient (Wildman–Crippen LogP) is 2.06. The van der Waals surface area contributed by atoms with E-state index in [4.69, 9.17) is 5.11 Å². The number of benzene rings is 1. The molecule has 0 aromatic heterocycles. The van der Waals surface area contributed by atoms with Gasteiger partial charge in [0.15, 0.2) is 0 Å². The summed E-state index contributed by atoms with van der Waals surface area (Å²) in [6, 6.07) is 3.93. The lowest BCUT2D eigenvalue weighted by molar-refractivity contribution is 0.0696. The Labute approximate surface area is 124 Å². The molecule has 21 heavy (non-hydrogen) atoms. The van der Waals surface area contributed by atoms with E-state index in [2.05, 4.69) is 16.6 Å². The van der Waals surface area contributed by atoms with Crippen molar-refractivity contribution in [2.75, 3.05) is 11.9 Å². The van der Waals surface area contributed by atoms with Crippen LogP contribution in [-0.2, 0) is 10.0 Å². The summed E-state index contributed by atoms with van der Waals surface area (Å²) in [6.45, 7) is 9.05. The molecule has 116 valence electrons. The molecule has 1 aromatic carbocycles. The maximum Gasteiger partial charge on any atom is 0.335 e. The zero-order valence-electron chi connectivity index (χ0n) is 12.3. The van der Waals surface area contributed by atoms with E-state index in [0.29, 0.717) is 12.2 Å². The van der Waals surface area contributed by atoms with Crippen LogP contribution in [-0.4, -0.2) is 31.6 Å². The normalized spacial score (nSPS) is 12.0. The molecule has 7 heteroatoms. The molecule has 0 bridgehead atoms. The summed E-state index contributed by atoms with van der Waals surface area (Å²) in [7, 11) is -3.85. The maximum atomic E-state index is 12.4. The van der Waals surface area contributed by atoms with E-state index in [0.717, 1.165) is 6.07 Å². The Morgan fingerprint density at radius 2 is 2.00 bits per heavy atom. The van der Waals surface area contributed by atoms with Gasteiger partial charge in [-0.2, -0.15) is 0 Å². The number of anilines is 1. The van der Waals surface area contributed by atoms with Gasteiger partial charge in [0.05, 0.1) is 11.3 Å². The van der Waals surface area contributed by atoms with Gasteiger partial charge in [-0.3, -0.25) is 0 Å². The van der Waals surface area contributed by atoms with Crippen molar-refractivity contribution in [3.63, 3.8) is 0 Å². The van der Waals surface area contributed by atoms with Crippen LogP contribution in [0.2, 0.25) is 0 Å². The first kappa shape index (κ1) is 17.2. The molecule has 0 unspecified atom stereocenters. The number of sulfonamides is 1. The number of carbonyl (C=O) groups is 1. The molecule has 0 aliphatic heterocycles. The first-order valence-electron chi connectivity index (χ1n) is 6.33. The summed E-state index contributed by atoms with van der Waals surface area (Å²) in [5.41, 5.74) is -0.432. The van der Waals surface area contributed by atoms with E-state index in [1.165, 1.54) is 12.1 Å². The van der Waals surface area contributed by atoms with Crippen molar-refractivity contribution in [3.8, 4) is 0 Å². The highest BCUT2D eigenvalue weighted by Gasteiger charge is 2.25. The van der Waals surface area contributed by atoms with E-state index >= 15 is 0 Å². The van der Waals surface area contributed by atoms with Gasteiger partial charge in [0.2, 0.25) is 10.0 Å². The molecule has 3 N–H and O–H groups in total. The second-order valence-electron chi connectivity index (χ2n) is 5.54. The highest BCUT2D eigenvalue weighted by molar-refractivity contribution is 7.89. The molecule has 0 heterocycles. The molecule has 0 saturated carbocycles. The number of carboxylic acids is 1. The number of hydrogen-bond acceptors (Lipinski definition) is 4. The lowest BCUT2D eigenvalue weighted by Crippen LogP contribution is -2.40. The highest BCUT2D eigenvalue weighted by atomic mass is 32.2. The summed E-state index contributed by atoms with van der Waals surface area (Å²) >= 11 is 0. The predicted molar refractivity (Wildman–Crippen MR) is 82.2 cm³/mol. The molecule has 1 aromatic rings. The van der Waals surface area contributed by atoms with Crippen LogP contribution in [0.1, 0.15) is 31.1 Å². The minimum Gasteiger partial charge on any atom is -0.478 e. The van der Waals surface area contributed by atoms with Crippen molar-refractivity contribution in [3.05, 3.63) is 36.4 Å². The lowest BCUT2D eigenvalue weighted by Gasteiger charge is -2.22. The van der Waals surface area contributed by atoms with E-state index in [9.17, 15) is 13.2 Å². The van der Waals surface area contributed by atoms with Crippen molar-refractivity contribution in [1.29, 1.82) is 0 Å². The van der Waals surface area contributed by atoms with Gasteiger partial charge in [-0.25, -0.2) is 17.9 Å². The smallest absolute Gasteiger partial charge is 0.335 e. The third-order valence-corrected chi connectivity index (χ3v) is 4.19. The molecule has 0 saturated heterocycles. The van der Waals surface area contributed by atoms with Gasteiger partial charge in [0.25, 0.3) is 0 Å². The number of hydrogen-bond donors (Lipinski definition) is 3. The third kappa shape index (κ3) is 4.87. The van der Waals surface area contributed by atoms with E-state index < -0.39 is 21.5 Å². The van der Waals surface area contributed by atoms with Gasteiger partial charge >= 0.3 is 5.97 Å². The largest absolute Gasteiger partial charge is 0.478 e. The zero-order valence-corrected chi connectivity index (χ0v) is 13.1. The van der Waals surface area contributed by atoms with E-state index in [1.54, 1.807) is 26.8 Å². The van der Waals surface area contributed by atoms with Gasteiger partial charge in [-0.05, 0) is 39.0 Å². The average molecular weight is 312 g/mol. The van der Waals surface area contributed by atoms with Crippen LogP contribution in [0.15, 0.2) is 35.7 Å². The van der Waals surface area contributed by atoms with Gasteiger partial charge in [-0.15, -0.1) is 6.58 Å². The number of nitrogens with one attached hydrogen (secondary N) is 2. The maximum absolute atomic E-state index is 12.4. The molecule has 0 aliphatic rings. The van der Waals surface area contributed by atoms with Crippen molar-refractivity contribution >= 4 is 21.7 Å². The van der Waals surface area contributed by atoms with Crippen molar-refractivity contribution in [1.82, 2.24) is 4.72 Å². The van der Waals surface area contributed by atoms with Gasteiger partial charge in [0, 0.05) is 12.1 Å². The zero-order chi connectivity index (χ0) is 16.3. The summed E-state index contributed by atoms with van der Waals surface area (Å²) in [5.74, 6) is -1.18. The molecule has 0 radical (unpaired) electrons. The lowest BCUT2D eigenvalue weighted by atomic mass is 10.1. The van der Waals surface area contributed by atoms with Crippen LogP contribution in [0, 0.1) is 0 Å². The van der Waals surface area contributed by atoms with E-state index in [-0.39, 0.29) is 10.5 Å². The second-order valence-corrected chi connectivity index (χ2v) is 7.19. The quantitative estimate of drug-likeness (QED) is 0.699. The minimum atomic E-state index is -3.85. The fourth-order valence-corrected chi connectivity index (χ4v) is 3.29. The molecule has 0 spiro atoms. The Balaban J connectivity index is 3.37. The molecular formula is C14H20N2O4S. The molecule has 1 rings (SSSR count). The minimum absolute atomic E-state index is 0.0894. The number of rotatable bonds is 6. The third-order valence-electron chi connectivity index (χ3n) is 2.40. The van der Waals surface area contributed by atoms with Crippen LogP contribution in [0.5, 0.6) is 0 Å². The Morgan fingerprint density at radius 1 is 1.38 bits per heavy atom. The molecular weight excluding hydrogens is 292 g/mol. The van der Waals surface area contributed by atoms with Crippen LogP contribution in [0.3, 0.4) is 0 Å². The Hall–Kier alpha value is -1.86. The summed E-state index contributed by atoms with van der Waals surface area (Å²) in [6.07, 6.45) is 1.58. The first-order chi connectivity index (χ1) is 9.57. The second kappa shape index (κ2) is 6.28. The monoisotopic (exact) mass is 312 g/mol. The molecule has 0 atom stereocenters. The highest BCUT2D eigenvalue weighted by Crippen LogP contribution is 2.24. The van der Waals surface area contributed by atoms with Crippen LogP contribution < -0.4 is 10.0 Å². The van der Waals surface area contributed by atoms with Gasteiger partial charge < -0.3 is 10.4 Å². The number of carboxylic acid groups (broad SMARTS) is 1. The average Bonchev–Trinajstić information content (AvgIpc) is 2.33. The first-order valence-corrected chi connectivity index (χ1v) is 7.81. The van der Waals surface area contributed by atoms with Crippen LogP contribution in [0.4, 0.5) is 5.69 Å². The fourth-order valence-electron chi connectivity index (χ4n) is 1.66. The Kier molecular flexibility index (Phi) is 5.14. The van der Waals surface area contributed by atoms with Gasteiger partial charge in [-0.1, -0.05) is 6.08 Å². The number of aromatic carboxylic acids is 1. The van der Waals surface area contributed by atoms with Crippen LogP contribution >= 0.6 is 0 Å². The SMILES string of the molecule is C=CCNc1ccc(C(=O)O)cc1S(=O)(=O)NC(C)(C)C. The summed E-state index contributed by atoms with van der Waals surface area (Å²) < 4.78 is 27.4.